The van der Waals surface area contributed by atoms with Crippen LogP contribution < -0.4 is 11.5 Å². The summed E-state index contributed by atoms with van der Waals surface area (Å²) in [5.41, 5.74) is 12.2. The van der Waals surface area contributed by atoms with Gasteiger partial charge in [0, 0.05) is 11.8 Å². The van der Waals surface area contributed by atoms with Crippen molar-refractivity contribution in [3.63, 3.8) is 0 Å². The van der Waals surface area contributed by atoms with Crippen molar-refractivity contribution in [2.45, 2.75) is 0 Å². The van der Waals surface area contributed by atoms with Crippen LogP contribution in [-0.4, -0.2) is 5.91 Å². The van der Waals surface area contributed by atoms with Crippen LogP contribution in [0.3, 0.4) is 0 Å². The summed E-state index contributed by atoms with van der Waals surface area (Å²) in [6.45, 7) is 0. The Hall–Kier alpha value is -2.62. The standard InChI is InChI=1S/C15H13FN2O/c16-14-8-11(13(9-17)15(18)19)6-7-12(14)10-4-2-1-3-5-10/h1-9H,17H2,(H2,18,19)/b13-9-. The molecule has 0 bridgehead atoms. The van der Waals surface area contributed by atoms with Crippen molar-refractivity contribution in [3.8, 4) is 11.1 Å². The van der Waals surface area contributed by atoms with Gasteiger partial charge in [0.25, 0.3) is 5.91 Å². The first kappa shape index (κ1) is 12.8. The van der Waals surface area contributed by atoms with E-state index in [2.05, 4.69) is 0 Å². The van der Waals surface area contributed by atoms with E-state index < -0.39 is 11.7 Å². The van der Waals surface area contributed by atoms with Crippen molar-refractivity contribution in [2.75, 3.05) is 0 Å². The molecule has 3 nitrogen and oxygen atoms in total. The van der Waals surface area contributed by atoms with E-state index in [1.807, 2.05) is 30.3 Å². The van der Waals surface area contributed by atoms with Gasteiger partial charge in [-0.1, -0.05) is 42.5 Å². The van der Waals surface area contributed by atoms with Crippen LogP contribution in [0.2, 0.25) is 0 Å². The molecule has 19 heavy (non-hydrogen) atoms. The van der Waals surface area contributed by atoms with Gasteiger partial charge in [0.05, 0.1) is 5.57 Å². The molecule has 2 rings (SSSR count). The summed E-state index contributed by atoms with van der Waals surface area (Å²) in [5.74, 6) is -1.11. The number of primary amides is 1. The molecule has 0 saturated heterocycles. The van der Waals surface area contributed by atoms with Crippen molar-refractivity contribution in [2.24, 2.45) is 11.5 Å². The molecule has 1 amide bonds. The number of hydrogen-bond donors (Lipinski definition) is 2. The average molecular weight is 256 g/mol. The van der Waals surface area contributed by atoms with Crippen LogP contribution in [0.4, 0.5) is 4.39 Å². The topological polar surface area (TPSA) is 69.1 Å². The van der Waals surface area contributed by atoms with Crippen LogP contribution in [0.25, 0.3) is 16.7 Å². The van der Waals surface area contributed by atoms with E-state index in [4.69, 9.17) is 11.5 Å². The van der Waals surface area contributed by atoms with Crippen molar-refractivity contribution in [1.82, 2.24) is 0 Å². The zero-order valence-electron chi connectivity index (χ0n) is 10.1. The van der Waals surface area contributed by atoms with Crippen LogP contribution in [0.5, 0.6) is 0 Å². The molecule has 0 aliphatic rings. The molecule has 0 unspecified atom stereocenters. The van der Waals surface area contributed by atoms with Gasteiger partial charge in [-0.3, -0.25) is 4.79 Å². The van der Waals surface area contributed by atoms with Gasteiger partial charge in [0.15, 0.2) is 0 Å². The molecular formula is C15H13FN2O. The molecule has 0 spiro atoms. The van der Waals surface area contributed by atoms with Gasteiger partial charge in [-0.05, 0) is 17.2 Å². The smallest absolute Gasteiger partial charge is 0.250 e. The lowest BCUT2D eigenvalue weighted by Gasteiger charge is -2.07. The summed E-state index contributed by atoms with van der Waals surface area (Å²) in [6, 6.07) is 13.6. The van der Waals surface area contributed by atoms with Crippen LogP contribution >= 0.6 is 0 Å². The molecule has 0 fully saturated rings. The van der Waals surface area contributed by atoms with Gasteiger partial charge in [-0.15, -0.1) is 0 Å². The minimum atomic E-state index is -0.686. The maximum absolute atomic E-state index is 14.1. The molecule has 0 radical (unpaired) electrons. The van der Waals surface area contributed by atoms with Crippen molar-refractivity contribution in [3.05, 3.63) is 66.1 Å². The Morgan fingerprint density at radius 2 is 1.79 bits per heavy atom. The third kappa shape index (κ3) is 2.63. The van der Waals surface area contributed by atoms with E-state index in [0.717, 1.165) is 11.8 Å². The first-order valence-electron chi connectivity index (χ1n) is 5.70. The number of hydrogen-bond acceptors (Lipinski definition) is 2. The average Bonchev–Trinajstić information content (AvgIpc) is 2.40. The normalized spacial score (nSPS) is 11.3. The maximum Gasteiger partial charge on any atom is 0.250 e. The van der Waals surface area contributed by atoms with Crippen molar-refractivity contribution >= 4 is 11.5 Å². The Kier molecular flexibility index (Phi) is 3.61. The minimum Gasteiger partial charge on any atom is -0.404 e. The fourth-order valence-corrected chi connectivity index (χ4v) is 1.86. The lowest BCUT2D eigenvalue weighted by molar-refractivity contribution is -0.112. The quantitative estimate of drug-likeness (QED) is 0.827. The Morgan fingerprint density at radius 1 is 1.11 bits per heavy atom. The summed E-state index contributed by atoms with van der Waals surface area (Å²) in [4.78, 5) is 11.1. The van der Waals surface area contributed by atoms with Gasteiger partial charge in [0.1, 0.15) is 5.82 Å². The monoisotopic (exact) mass is 256 g/mol. The first-order valence-corrected chi connectivity index (χ1v) is 5.70. The second-order valence-electron chi connectivity index (χ2n) is 4.01. The van der Waals surface area contributed by atoms with Crippen molar-refractivity contribution in [1.29, 1.82) is 0 Å². The van der Waals surface area contributed by atoms with Crippen LogP contribution in [0.1, 0.15) is 5.56 Å². The Morgan fingerprint density at radius 3 is 2.32 bits per heavy atom. The third-order valence-corrected chi connectivity index (χ3v) is 2.80. The second kappa shape index (κ2) is 5.35. The third-order valence-electron chi connectivity index (χ3n) is 2.80. The number of benzene rings is 2. The van der Waals surface area contributed by atoms with E-state index in [-0.39, 0.29) is 5.57 Å². The number of carbonyl (C=O) groups excluding carboxylic acids is 1. The molecule has 4 heteroatoms. The van der Waals surface area contributed by atoms with E-state index in [1.54, 1.807) is 12.1 Å². The molecule has 2 aromatic rings. The molecule has 0 aliphatic heterocycles. The summed E-state index contributed by atoms with van der Waals surface area (Å²) in [6.07, 6.45) is 1.08. The molecule has 96 valence electrons. The van der Waals surface area contributed by atoms with Crippen LogP contribution in [-0.2, 0) is 4.79 Å². The fourth-order valence-electron chi connectivity index (χ4n) is 1.86. The summed E-state index contributed by atoms with van der Waals surface area (Å²) in [7, 11) is 0. The number of amides is 1. The minimum absolute atomic E-state index is 0.0958. The zero-order chi connectivity index (χ0) is 13.8. The predicted molar refractivity (Wildman–Crippen MR) is 73.2 cm³/mol. The van der Waals surface area contributed by atoms with E-state index in [0.29, 0.717) is 11.1 Å². The second-order valence-corrected chi connectivity index (χ2v) is 4.01. The number of nitrogens with two attached hydrogens (primary N) is 2. The zero-order valence-corrected chi connectivity index (χ0v) is 10.1. The molecule has 0 heterocycles. The Balaban J connectivity index is 2.46. The highest BCUT2D eigenvalue weighted by Crippen LogP contribution is 2.25. The van der Waals surface area contributed by atoms with Gasteiger partial charge in [0.2, 0.25) is 0 Å². The predicted octanol–water partition coefficient (Wildman–Crippen LogP) is 2.28. The maximum atomic E-state index is 14.1. The molecule has 0 aromatic heterocycles. The first-order chi connectivity index (χ1) is 9.13. The van der Waals surface area contributed by atoms with Crippen LogP contribution in [0, 0.1) is 5.82 Å². The highest BCUT2D eigenvalue weighted by molar-refractivity contribution is 6.18. The van der Waals surface area contributed by atoms with Crippen LogP contribution in [0.15, 0.2) is 54.7 Å². The Bertz CT molecular complexity index is 636. The molecule has 0 aliphatic carbocycles. The lowest BCUT2D eigenvalue weighted by atomic mass is 10.00. The number of carbonyl (C=O) groups is 1. The van der Waals surface area contributed by atoms with Gasteiger partial charge in [-0.25, -0.2) is 4.39 Å². The number of rotatable bonds is 3. The lowest BCUT2D eigenvalue weighted by Crippen LogP contribution is -2.14. The summed E-state index contributed by atoms with van der Waals surface area (Å²) < 4.78 is 14.1. The molecule has 4 N–H and O–H groups in total. The largest absolute Gasteiger partial charge is 0.404 e. The highest BCUT2D eigenvalue weighted by Gasteiger charge is 2.11. The van der Waals surface area contributed by atoms with Crippen molar-refractivity contribution < 1.29 is 9.18 Å². The SMILES string of the molecule is N/C=C(\C(N)=O)c1ccc(-c2ccccc2)c(F)c1. The van der Waals surface area contributed by atoms with E-state index in [9.17, 15) is 9.18 Å². The fraction of sp³-hybridized carbons (Fsp3) is 0. The molecular weight excluding hydrogens is 243 g/mol. The van der Waals surface area contributed by atoms with Gasteiger partial charge in [-0.2, -0.15) is 0 Å². The van der Waals surface area contributed by atoms with E-state index >= 15 is 0 Å². The molecule has 2 aromatic carbocycles. The van der Waals surface area contributed by atoms with E-state index in [1.165, 1.54) is 6.07 Å². The molecule has 0 saturated carbocycles. The van der Waals surface area contributed by atoms with Gasteiger partial charge >= 0.3 is 0 Å². The summed E-state index contributed by atoms with van der Waals surface area (Å²) in [5, 5.41) is 0. The van der Waals surface area contributed by atoms with Gasteiger partial charge < -0.3 is 11.5 Å². The summed E-state index contributed by atoms with van der Waals surface area (Å²) >= 11 is 0. The number of halogens is 1. The Labute approximate surface area is 110 Å². The highest BCUT2D eigenvalue weighted by atomic mass is 19.1. The molecule has 0 atom stereocenters.